The Morgan fingerprint density at radius 3 is 2.67 bits per heavy atom. The molecule has 1 nitrogen and oxygen atoms in total. The van der Waals surface area contributed by atoms with Crippen molar-refractivity contribution in [2.45, 2.75) is 38.1 Å². The van der Waals surface area contributed by atoms with Crippen molar-refractivity contribution < 1.29 is 4.39 Å². The minimum atomic E-state index is -0.125. The van der Waals surface area contributed by atoms with E-state index >= 15 is 0 Å². The summed E-state index contributed by atoms with van der Waals surface area (Å²) in [5.74, 6) is 0.662. The number of alkyl halides is 1. The summed E-state index contributed by atoms with van der Waals surface area (Å²) in [6, 6.07) is 5.09. The number of hydrogen-bond acceptors (Lipinski definition) is 1. The third kappa shape index (κ3) is 3.55. The van der Waals surface area contributed by atoms with E-state index in [1.807, 2.05) is 6.07 Å². The van der Waals surface area contributed by atoms with Crippen molar-refractivity contribution in [2.24, 2.45) is 5.92 Å². The van der Waals surface area contributed by atoms with Crippen LogP contribution in [0.5, 0.6) is 0 Å². The monoisotopic (exact) mass is 313 g/mol. The fourth-order valence-corrected chi connectivity index (χ4v) is 3.15. The molecule has 1 unspecified atom stereocenters. The highest BCUT2D eigenvalue weighted by Crippen LogP contribution is 2.26. The lowest BCUT2D eigenvalue weighted by molar-refractivity contribution is 0.178. The van der Waals surface area contributed by atoms with Crippen LogP contribution in [0.2, 0.25) is 0 Å². The zero-order valence-electron chi connectivity index (χ0n) is 11.1. The van der Waals surface area contributed by atoms with Gasteiger partial charge in [-0.15, -0.1) is 0 Å². The minimum Gasteiger partial charge on any atom is -0.299 e. The Morgan fingerprint density at radius 2 is 2.06 bits per heavy atom. The predicted molar refractivity (Wildman–Crippen MR) is 77.5 cm³/mol. The molecule has 0 spiro atoms. The minimum absolute atomic E-state index is 0.125. The molecule has 3 heteroatoms. The Hall–Kier alpha value is -0.410. The van der Waals surface area contributed by atoms with Gasteiger partial charge in [-0.2, -0.15) is 0 Å². The molecule has 1 atom stereocenters. The van der Waals surface area contributed by atoms with Gasteiger partial charge in [0.15, 0.2) is 0 Å². The van der Waals surface area contributed by atoms with Gasteiger partial charge in [0.05, 0.1) is 0 Å². The Balaban J connectivity index is 1.93. The van der Waals surface area contributed by atoms with Gasteiger partial charge in [-0.25, -0.2) is 4.39 Å². The molecule has 18 heavy (non-hydrogen) atoms. The number of hydrogen-bond donors (Lipinski definition) is 0. The third-order valence-electron chi connectivity index (χ3n) is 3.99. The van der Waals surface area contributed by atoms with Gasteiger partial charge in [0.1, 0.15) is 5.82 Å². The van der Waals surface area contributed by atoms with Crippen LogP contribution in [0.15, 0.2) is 18.2 Å². The van der Waals surface area contributed by atoms with Crippen LogP contribution in [0.25, 0.3) is 0 Å². The van der Waals surface area contributed by atoms with Crippen molar-refractivity contribution in [3.8, 4) is 0 Å². The average molecular weight is 314 g/mol. The number of benzene rings is 1. The van der Waals surface area contributed by atoms with E-state index in [0.717, 1.165) is 31.1 Å². The first-order chi connectivity index (χ1) is 8.56. The highest BCUT2D eigenvalue weighted by molar-refractivity contribution is 9.09. The lowest BCUT2D eigenvalue weighted by Crippen LogP contribution is -2.35. The van der Waals surface area contributed by atoms with Crippen LogP contribution in [-0.4, -0.2) is 22.8 Å². The van der Waals surface area contributed by atoms with Gasteiger partial charge >= 0.3 is 0 Å². The second-order valence-corrected chi connectivity index (χ2v) is 6.81. The van der Waals surface area contributed by atoms with Crippen molar-refractivity contribution in [2.75, 3.05) is 13.1 Å². The Labute approximate surface area is 118 Å². The summed E-state index contributed by atoms with van der Waals surface area (Å²) >= 11 is 3.68. The first kappa shape index (κ1) is 14.0. The second kappa shape index (κ2) is 6.16. The van der Waals surface area contributed by atoms with Crippen LogP contribution in [0, 0.1) is 18.7 Å². The number of likely N-dealkylation sites (tertiary alicyclic amines) is 1. The molecule has 0 aromatic heterocycles. The maximum Gasteiger partial charge on any atom is 0.123 e. The number of nitrogens with zero attached hydrogens (tertiary/aromatic N) is 1. The first-order valence-corrected chi connectivity index (χ1v) is 7.59. The Morgan fingerprint density at radius 1 is 1.39 bits per heavy atom. The molecule has 1 aliphatic rings. The molecule has 0 saturated carbocycles. The fraction of sp³-hybridized carbons (Fsp3) is 0.600. The van der Waals surface area contributed by atoms with E-state index in [0.29, 0.717) is 4.83 Å². The molecule has 0 amide bonds. The quantitative estimate of drug-likeness (QED) is 0.758. The lowest BCUT2D eigenvalue weighted by atomic mass is 9.94. The molecule has 0 N–H and O–H groups in total. The number of piperidine rings is 1. The summed E-state index contributed by atoms with van der Waals surface area (Å²) in [6.45, 7) is 7.42. The van der Waals surface area contributed by atoms with Gasteiger partial charge in [-0.3, -0.25) is 4.90 Å². The van der Waals surface area contributed by atoms with Crippen LogP contribution in [0.4, 0.5) is 4.39 Å². The van der Waals surface area contributed by atoms with Gasteiger partial charge in [0, 0.05) is 11.4 Å². The van der Waals surface area contributed by atoms with E-state index in [9.17, 15) is 4.39 Å². The lowest BCUT2D eigenvalue weighted by Gasteiger charge is -2.33. The van der Waals surface area contributed by atoms with Crippen LogP contribution in [0.3, 0.4) is 0 Å². The highest BCUT2D eigenvalue weighted by Gasteiger charge is 2.22. The van der Waals surface area contributed by atoms with E-state index < -0.39 is 0 Å². The van der Waals surface area contributed by atoms with Gasteiger partial charge in [0.25, 0.3) is 0 Å². The normalized spacial score (nSPS) is 20.0. The smallest absolute Gasteiger partial charge is 0.123 e. The fourth-order valence-electron chi connectivity index (χ4n) is 2.62. The van der Waals surface area contributed by atoms with Crippen LogP contribution < -0.4 is 0 Å². The molecule has 0 radical (unpaired) electrons. The molecular formula is C15H21BrFN. The average Bonchev–Trinajstić information content (AvgIpc) is 2.34. The summed E-state index contributed by atoms with van der Waals surface area (Å²) in [5.41, 5.74) is 2.31. The van der Waals surface area contributed by atoms with E-state index in [1.165, 1.54) is 24.5 Å². The van der Waals surface area contributed by atoms with Crippen LogP contribution >= 0.6 is 15.9 Å². The maximum absolute atomic E-state index is 13.2. The van der Waals surface area contributed by atoms with E-state index in [4.69, 9.17) is 0 Å². The molecule has 1 saturated heterocycles. The first-order valence-electron chi connectivity index (χ1n) is 6.67. The predicted octanol–water partition coefficient (Wildman–Crippen LogP) is 4.13. The molecule has 0 aliphatic carbocycles. The molecule has 1 aromatic rings. The molecule has 1 aromatic carbocycles. The summed E-state index contributed by atoms with van der Waals surface area (Å²) in [4.78, 5) is 3.05. The van der Waals surface area contributed by atoms with Crippen molar-refractivity contribution in [3.05, 3.63) is 35.1 Å². The van der Waals surface area contributed by atoms with Gasteiger partial charge in [-0.1, -0.05) is 28.9 Å². The Bertz CT molecular complexity index is 397. The SMILES string of the molecule is Cc1ccc(F)cc1CN1CCC(C(C)Br)CC1. The van der Waals surface area contributed by atoms with Crippen molar-refractivity contribution in [3.63, 3.8) is 0 Å². The molecule has 2 rings (SSSR count). The summed E-state index contributed by atoms with van der Waals surface area (Å²) in [6.07, 6.45) is 2.47. The third-order valence-corrected chi connectivity index (χ3v) is 4.73. The van der Waals surface area contributed by atoms with Crippen molar-refractivity contribution >= 4 is 15.9 Å². The number of halogens is 2. The van der Waals surface area contributed by atoms with Crippen LogP contribution in [0.1, 0.15) is 30.9 Å². The zero-order valence-corrected chi connectivity index (χ0v) is 12.7. The molecular weight excluding hydrogens is 293 g/mol. The summed E-state index contributed by atoms with van der Waals surface area (Å²) < 4.78 is 13.2. The standard InChI is InChI=1S/C15H21BrFN/c1-11-3-4-15(17)9-14(11)10-18-7-5-13(6-8-18)12(2)16/h3-4,9,12-13H,5-8,10H2,1-2H3. The second-order valence-electron chi connectivity index (χ2n) is 5.36. The summed E-state index contributed by atoms with van der Waals surface area (Å²) in [5, 5.41) is 0. The Kier molecular flexibility index (Phi) is 4.79. The molecule has 100 valence electrons. The van der Waals surface area contributed by atoms with Crippen molar-refractivity contribution in [1.82, 2.24) is 4.90 Å². The number of aryl methyl sites for hydroxylation is 1. The molecule has 1 fully saturated rings. The van der Waals surface area contributed by atoms with E-state index in [2.05, 4.69) is 34.7 Å². The van der Waals surface area contributed by atoms with Crippen molar-refractivity contribution in [1.29, 1.82) is 0 Å². The maximum atomic E-state index is 13.2. The summed E-state index contributed by atoms with van der Waals surface area (Å²) in [7, 11) is 0. The van der Waals surface area contributed by atoms with Gasteiger partial charge in [0.2, 0.25) is 0 Å². The molecule has 1 heterocycles. The highest BCUT2D eigenvalue weighted by atomic mass is 79.9. The van der Waals surface area contributed by atoms with E-state index in [1.54, 1.807) is 6.07 Å². The topological polar surface area (TPSA) is 3.24 Å². The molecule has 0 bridgehead atoms. The van der Waals surface area contributed by atoms with Crippen LogP contribution in [-0.2, 0) is 6.54 Å². The largest absolute Gasteiger partial charge is 0.299 e. The van der Waals surface area contributed by atoms with E-state index in [-0.39, 0.29) is 5.82 Å². The van der Waals surface area contributed by atoms with Gasteiger partial charge < -0.3 is 0 Å². The van der Waals surface area contributed by atoms with Gasteiger partial charge in [-0.05, 0) is 62.0 Å². The zero-order chi connectivity index (χ0) is 13.1. The number of rotatable bonds is 3. The molecule has 1 aliphatic heterocycles.